The van der Waals surface area contributed by atoms with Gasteiger partial charge in [-0.15, -0.1) is 0 Å². The summed E-state index contributed by atoms with van der Waals surface area (Å²) in [4.78, 5) is 11.2. The third kappa shape index (κ3) is 3.22. The SMILES string of the molecule is CCOc1ccc(CC)cc1C(=O)C(F)(F)F. The number of ketones is 1. The summed E-state index contributed by atoms with van der Waals surface area (Å²) in [7, 11) is 0. The van der Waals surface area contributed by atoms with Crippen LogP contribution in [0.15, 0.2) is 18.2 Å². The maximum absolute atomic E-state index is 12.4. The van der Waals surface area contributed by atoms with E-state index in [4.69, 9.17) is 4.74 Å². The molecule has 5 heteroatoms. The lowest BCUT2D eigenvalue weighted by atomic mass is 10.0. The first-order chi connectivity index (χ1) is 7.90. The van der Waals surface area contributed by atoms with Crippen LogP contribution in [0.4, 0.5) is 13.2 Å². The summed E-state index contributed by atoms with van der Waals surface area (Å²) < 4.78 is 42.2. The third-order valence-electron chi connectivity index (χ3n) is 2.25. The highest BCUT2D eigenvalue weighted by molar-refractivity contribution is 6.02. The van der Waals surface area contributed by atoms with Crippen LogP contribution in [-0.4, -0.2) is 18.6 Å². The van der Waals surface area contributed by atoms with Crippen molar-refractivity contribution in [3.05, 3.63) is 29.3 Å². The van der Waals surface area contributed by atoms with Crippen LogP contribution in [0.2, 0.25) is 0 Å². The Morgan fingerprint density at radius 3 is 2.41 bits per heavy atom. The lowest BCUT2D eigenvalue weighted by Crippen LogP contribution is -2.23. The molecule has 0 aliphatic rings. The van der Waals surface area contributed by atoms with Crippen LogP contribution in [0.1, 0.15) is 29.8 Å². The summed E-state index contributed by atoms with van der Waals surface area (Å²) in [5, 5.41) is 0. The molecular weight excluding hydrogens is 233 g/mol. The highest BCUT2D eigenvalue weighted by Gasteiger charge is 2.40. The molecule has 0 spiro atoms. The van der Waals surface area contributed by atoms with Gasteiger partial charge in [0.1, 0.15) is 5.75 Å². The molecular formula is C12H13F3O2. The van der Waals surface area contributed by atoms with Gasteiger partial charge in [0.05, 0.1) is 12.2 Å². The number of rotatable bonds is 4. The fourth-order valence-electron chi connectivity index (χ4n) is 1.41. The minimum Gasteiger partial charge on any atom is -0.493 e. The molecule has 0 aliphatic heterocycles. The minimum atomic E-state index is -4.88. The Kier molecular flexibility index (Phi) is 4.15. The topological polar surface area (TPSA) is 26.3 Å². The van der Waals surface area contributed by atoms with E-state index in [2.05, 4.69) is 0 Å². The molecule has 17 heavy (non-hydrogen) atoms. The zero-order valence-corrected chi connectivity index (χ0v) is 9.60. The number of benzene rings is 1. The average Bonchev–Trinajstić information content (AvgIpc) is 2.28. The van der Waals surface area contributed by atoms with E-state index in [1.165, 1.54) is 12.1 Å². The number of hydrogen-bond donors (Lipinski definition) is 0. The Bertz CT molecular complexity index is 411. The van der Waals surface area contributed by atoms with Crippen molar-refractivity contribution in [1.82, 2.24) is 0 Å². The molecule has 0 bridgehead atoms. The highest BCUT2D eigenvalue weighted by Crippen LogP contribution is 2.28. The van der Waals surface area contributed by atoms with E-state index < -0.39 is 17.5 Å². The van der Waals surface area contributed by atoms with E-state index in [-0.39, 0.29) is 12.4 Å². The number of aryl methyl sites for hydroxylation is 1. The summed E-state index contributed by atoms with van der Waals surface area (Å²) in [6.45, 7) is 3.66. The Labute approximate surface area is 97.4 Å². The van der Waals surface area contributed by atoms with Crippen molar-refractivity contribution in [1.29, 1.82) is 0 Å². The maximum Gasteiger partial charge on any atom is 0.455 e. The molecule has 0 radical (unpaired) electrons. The minimum absolute atomic E-state index is 0.0213. The smallest absolute Gasteiger partial charge is 0.455 e. The number of hydrogen-bond acceptors (Lipinski definition) is 2. The number of Topliss-reactive ketones (excluding diaryl/α,β-unsaturated/α-hetero) is 1. The van der Waals surface area contributed by atoms with Crippen molar-refractivity contribution in [2.24, 2.45) is 0 Å². The molecule has 1 aromatic rings. The molecule has 2 nitrogen and oxygen atoms in total. The summed E-state index contributed by atoms with van der Waals surface area (Å²) in [5.74, 6) is -1.89. The second-order valence-electron chi connectivity index (χ2n) is 3.44. The van der Waals surface area contributed by atoms with Gasteiger partial charge in [0.15, 0.2) is 0 Å². The molecule has 0 unspecified atom stereocenters. The molecule has 0 saturated heterocycles. The predicted molar refractivity (Wildman–Crippen MR) is 57.4 cm³/mol. The Hall–Kier alpha value is -1.52. The van der Waals surface area contributed by atoms with Crippen LogP contribution in [0, 0.1) is 0 Å². The lowest BCUT2D eigenvalue weighted by molar-refractivity contribution is -0.0886. The van der Waals surface area contributed by atoms with Gasteiger partial charge in [-0.05, 0) is 31.0 Å². The van der Waals surface area contributed by atoms with Gasteiger partial charge < -0.3 is 4.74 Å². The first-order valence-electron chi connectivity index (χ1n) is 5.27. The third-order valence-corrected chi connectivity index (χ3v) is 2.25. The Balaban J connectivity index is 3.22. The number of carbonyl (C=O) groups excluding carboxylic acids is 1. The van der Waals surface area contributed by atoms with Crippen LogP contribution in [-0.2, 0) is 6.42 Å². The number of alkyl halides is 3. The number of ether oxygens (including phenoxy) is 1. The molecule has 94 valence electrons. The van der Waals surface area contributed by atoms with Crippen molar-refractivity contribution in [2.75, 3.05) is 6.61 Å². The molecule has 0 aliphatic carbocycles. The average molecular weight is 246 g/mol. The van der Waals surface area contributed by atoms with Crippen LogP contribution in [0.3, 0.4) is 0 Å². The molecule has 1 rings (SSSR count). The van der Waals surface area contributed by atoms with Crippen LogP contribution < -0.4 is 4.74 Å². The van der Waals surface area contributed by atoms with Crippen molar-refractivity contribution in [2.45, 2.75) is 26.4 Å². The van der Waals surface area contributed by atoms with Crippen molar-refractivity contribution in [3.63, 3.8) is 0 Å². The van der Waals surface area contributed by atoms with Gasteiger partial charge >= 0.3 is 6.18 Å². The van der Waals surface area contributed by atoms with Crippen molar-refractivity contribution in [3.8, 4) is 5.75 Å². The molecule has 0 fully saturated rings. The van der Waals surface area contributed by atoms with E-state index in [0.29, 0.717) is 12.0 Å². The molecule has 0 atom stereocenters. The molecule has 1 aromatic carbocycles. The second-order valence-corrected chi connectivity index (χ2v) is 3.44. The van der Waals surface area contributed by atoms with E-state index in [1.807, 2.05) is 0 Å². The lowest BCUT2D eigenvalue weighted by Gasteiger charge is -2.12. The van der Waals surface area contributed by atoms with Gasteiger partial charge in [0.2, 0.25) is 0 Å². The highest BCUT2D eigenvalue weighted by atomic mass is 19.4. The number of carbonyl (C=O) groups is 1. The van der Waals surface area contributed by atoms with Gasteiger partial charge in [-0.1, -0.05) is 13.0 Å². The van der Waals surface area contributed by atoms with Gasteiger partial charge in [-0.3, -0.25) is 4.79 Å². The molecule has 0 saturated carbocycles. The number of halogens is 3. The van der Waals surface area contributed by atoms with E-state index in [1.54, 1.807) is 19.9 Å². The van der Waals surface area contributed by atoms with Gasteiger partial charge in [0, 0.05) is 0 Å². The molecule has 0 aromatic heterocycles. The van der Waals surface area contributed by atoms with Crippen molar-refractivity contribution >= 4 is 5.78 Å². The standard InChI is InChI=1S/C12H13F3O2/c1-3-8-5-6-10(17-4-2)9(7-8)11(16)12(13,14)15/h5-7H,3-4H2,1-2H3. The van der Waals surface area contributed by atoms with E-state index in [9.17, 15) is 18.0 Å². The van der Waals surface area contributed by atoms with Gasteiger partial charge in [0.25, 0.3) is 5.78 Å². The van der Waals surface area contributed by atoms with E-state index in [0.717, 1.165) is 0 Å². The van der Waals surface area contributed by atoms with E-state index >= 15 is 0 Å². The predicted octanol–water partition coefficient (Wildman–Crippen LogP) is 3.39. The Morgan fingerprint density at radius 1 is 1.29 bits per heavy atom. The quantitative estimate of drug-likeness (QED) is 0.761. The largest absolute Gasteiger partial charge is 0.493 e. The normalized spacial score (nSPS) is 11.4. The summed E-state index contributed by atoms with van der Waals surface area (Å²) in [6.07, 6.45) is -4.32. The molecule has 0 N–H and O–H groups in total. The zero-order chi connectivity index (χ0) is 13.1. The van der Waals surface area contributed by atoms with Crippen molar-refractivity contribution < 1.29 is 22.7 Å². The van der Waals surface area contributed by atoms with Gasteiger partial charge in [-0.25, -0.2) is 0 Å². The first-order valence-corrected chi connectivity index (χ1v) is 5.27. The second kappa shape index (κ2) is 5.21. The first kappa shape index (κ1) is 13.5. The monoisotopic (exact) mass is 246 g/mol. The summed E-state index contributed by atoms with van der Waals surface area (Å²) >= 11 is 0. The fraction of sp³-hybridized carbons (Fsp3) is 0.417. The van der Waals surface area contributed by atoms with Crippen LogP contribution in [0.25, 0.3) is 0 Å². The summed E-state index contributed by atoms with van der Waals surface area (Å²) in [6, 6.07) is 4.29. The van der Waals surface area contributed by atoms with Gasteiger partial charge in [-0.2, -0.15) is 13.2 Å². The summed E-state index contributed by atoms with van der Waals surface area (Å²) in [5.41, 5.74) is 0.250. The van der Waals surface area contributed by atoms with Crippen LogP contribution >= 0.6 is 0 Å². The zero-order valence-electron chi connectivity index (χ0n) is 9.60. The molecule has 0 amide bonds. The Morgan fingerprint density at radius 2 is 1.94 bits per heavy atom. The van der Waals surface area contributed by atoms with Crippen LogP contribution in [0.5, 0.6) is 5.75 Å². The molecule has 0 heterocycles. The maximum atomic E-state index is 12.4. The fourth-order valence-corrected chi connectivity index (χ4v) is 1.41.